The van der Waals surface area contributed by atoms with Gasteiger partial charge in [-0.25, -0.2) is 4.39 Å². The van der Waals surface area contributed by atoms with E-state index in [0.29, 0.717) is 5.69 Å². The maximum absolute atomic E-state index is 13.2. The van der Waals surface area contributed by atoms with Crippen LogP contribution in [0.5, 0.6) is 0 Å². The average molecular weight is 182 g/mol. The van der Waals surface area contributed by atoms with E-state index < -0.39 is 11.7 Å². The second kappa shape index (κ2) is 3.89. The van der Waals surface area contributed by atoms with Crippen molar-refractivity contribution in [3.05, 3.63) is 29.6 Å². The number of hydrogen-bond acceptors (Lipinski definition) is 2. The normalized spacial score (nSPS) is 9.46. The zero-order valence-corrected chi connectivity index (χ0v) is 7.52. The fraction of sp³-hybridized carbons (Fsp3) is 0.222. The van der Waals surface area contributed by atoms with Gasteiger partial charge in [0.1, 0.15) is 5.82 Å². The van der Waals surface area contributed by atoms with Gasteiger partial charge in [0.2, 0.25) is 0 Å². The van der Waals surface area contributed by atoms with E-state index in [9.17, 15) is 9.18 Å². The fourth-order valence-electron chi connectivity index (χ4n) is 1.09. The van der Waals surface area contributed by atoms with Gasteiger partial charge in [-0.15, -0.1) is 0 Å². The number of carbonyl (C=O) groups is 1. The van der Waals surface area contributed by atoms with Gasteiger partial charge < -0.3 is 10.6 Å². The van der Waals surface area contributed by atoms with Gasteiger partial charge in [0.05, 0.1) is 5.56 Å². The third-order valence-corrected chi connectivity index (χ3v) is 1.74. The van der Waals surface area contributed by atoms with Crippen molar-refractivity contribution in [2.45, 2.75) is 0 Å². The standard InChI is InChI=1S/C9H11FN2O/c1-11-7-5-3-4-6(10)8(7)9(13)12-2/h3-5,11H,1-2H3,(H,12,13). The highest BCUT2D eigenvalue weighted by molar-refractivity contribution is 5.99. The van der Waals surface area contributed by atoms with E-state index in [2.05, 4.69) is 10.6 Å². The molecule has 0 aliphatic heterocycles. The largest absolute Gasteiger partial charge is 0.387 e. The van der Waals surface area contributed by atoms with Crippen LogP contribution in [0.4, 0.5) is 10.1 Å². The Bertz CT molecular complexity index is 325. The maximum Gasteiger partial charge on any atom is 0.256 e. The van der Waals surface area contributed by atoms with Crippen molar-refractivity contribution in [1.82, 2.24) is 5.32 Å². The summed E-state index contributed by atoms with van der Waals surface area (Å²) in [6.07, 6.45) is 0. The predicted molar refractivity (Wildman–Crippen MR) is 49.3 cm³/mol. The summed E-state index contributed by atoms with van der Waals surface area (Å²) in [6, 6.07) is 4.45. The van der Waals surface area contributed by atoms with Gasteiger partial charge in [0, 0.05) is 19.8 Å². The smallest absolute Gasteiger partial charge is 0.256 e. The fourth-order valence-corrected chi connectivity index (χ4v) is 1.09. The molecule has 1 rings (SSSR count). The monoisotopic (exact) mass is 182 g/mol. The van der Waals surface area contributed by atoms with Crippen LogP contribution in [0.25, 0.3) is 0 Å². The van der Waals surface area contributed by atoms with E-state index in [0.717, 1.165) is 0 Å². The maximum atomic E-state index is 13.2. The quantitative estimate of drug-likeness (QED) is 0.722. The molecule has 0 atom stereocenters. The van der Waals surface area contributed by atoms with Gasteiger partial charge in [-0.3, -0.25) is 4.79 Å². The molecule has 13 heavy (non-hydrogen) atoms. The van der Waals surface area contributed by atoms with Crippen LogP contribution in [0.2, 0.25) is 0 Å². The lowest BCUT2D eigenvalue weighted by Crippen LogP contribution is -2.20. The molecule has 0 aromatic heterocycles. The van der Waals surface area contributed by atoms with E-state index in [1.165, 1.54) is 13.1 Å². The first kappa shape index (κ1) is 9.51. The third kappa shape index (κ3) is 1.77. The average Bonchev–Trinajstić information content (AvgIpc) is 2.16. The van der Waals surface area contributed by atoms with Crippen molar-refractivity contribution in [3.8, 4) is 0 Å². The van der Waals surface area contributed by atoms with Crippen LogP contribution in [0.1, 0.15) is 10.4 Å². The minimum atomic E-state index is -0.522. The topological polar surface area (TPSA) is 41.1 Å². The highest BCUT2D eigenvalue weighted by Gasteiger charge is 2.13. The molecule has 0 saturated carbocycles. The molecular weight excluding hydrogens is 171 g/mol. The molecule has 1 amide bonds. The summed E-state index contributed by atoms with van der Waals surface area (Å²) in [5, 5.41) is 5.13. The lowest BCUT2D eigenvalue weighted by atomic mass is 10.1. The van der Waals surface area contributed by atoms with Crippen molar-refractivity contribution in [1.29, 1.82) is 0 Å². The number of halogens is 1. The second-order valence-electron chi connectivity index (χ2n) is 2.49. The van der Waals surface area contributed by atoms with Crippen molar-refractivity contribution >= 4 is 11.6 Å². The van der Waals surface area contributed by atoms with Crippen LogP contribution in [-0.2, 0) is 0 Å². The molecule has 0 bridgehead atoms. The first-order valence-corrected chi connectivity index (χ1v) is 3.89. The Morgan fingerprint density at radius 2 is 2.08 bits per heavy atom. The van der Waals surface area contributed by atoms with E-state index >= 15 is 0 Å². The highest BCUT2D eigenvalue weighted by Crippen LogP contribution is 2.17. The molecule has 0 unspecified atom stereocenters. The lowest BCUT2D eigenvalue weighted by Gasteiger charge is -2.07. The zero-order chi connectivity index (χ0) is 9.84. The van der Waals surface area contributed by atoms with Crippen LogP contribution in [0.15, 0.2) is 18.2 Å². The summed E-state index contributed by atoms with van der Waals surface area (Å²) in [7, 11) is 3.11. The van der Waals surface area contributed by atoms with Crippen LogP contribution in [0.3, 0.4) is 0 Å². The molecule has 0 spiro atoms. The molecule has 0 aliphatic carbocycles. The molecule has 1 aromatic carbocycles. The summed E-state index contributed by atoms with van der Waals surface area (Å²) in [4.78, 5) is 11.2. The summed E-state index contributed by atoms with van der Waals surface area (Å²) in [6.45, 7) is 0. The molecule has 0 fully saturated rings. The Kier molecular flexibility index (Phi) is 2.84. The summed E-state index contributed by atoms with van der Waals surface area (Å²) in [5.41, 5.74) is 0.534. The van der Waals surface area contributed by atoms with Gasteiger partial charge in [0.15, 0.2) is 0 Å². The van der Waals surface area contributed by atoms with Gasteiger partial charge in [0.25, 0.3) is 5.91 Å². The van der Waals surface area contributed by atoms with Crippen molar-refractivity contribution in [3.63, 3.8) is 0 Å². The number of rotatable bonds is 2. The van der Waals surface area contributed by atoms with Crippen LogP contribution < -0.4 is 10.6 Å². The molecule has 0 saturated heterocycles. The number of amides is 1. The SMILES string of the molecule is CNC(=O)c1c(F)cccc1NC. The van der Waals surface area contributed by atoms with Gasteiger partial charge >= 0.3 is 0 Å². The minimum absolute atomic E-state index is 0.0486. The highest BCUT2D eigenvalue weighted by atomic mass is 19.1. The number of anilines is 1. The Labute approximate surface area is 76.0 Å². The van der Waals surface area contributed by atoms with Gasteiger partial charge in [-0.2, -0.15) is 0 Å². The van der Waals surface area contributed by atoms with Crippen molar-refractivity contribution in [2.75, 3.05) is 19.4 Å². The molecule has 1 aromatic rings. The van der Waals surface area contributed by atoms with E-state index in [1.807, 2.05) is 0 Å². The van der Waals surface area contributed by atoms with E-state index in [4.69, 9.17) is 0 Å². The van der Waals surface area contributed by atoms with E-state index in [1.54, 1.807) is 19.2 Å². The molecule has 3 nitrogen and oxygen atoms in total. The minimum Gasteiger partial charge on any atom is -0.387 e. The lowest BCUT2D eigenvalue weighted by molar-refractivity contribution is 0.0960. The molecule has 0 radical (unpaired) electrons. The van der Waals surface area contributed by atoms with Crippen LogP contribution in [0, 0.1) is 5.82 Å². The van der Waals surface area contributed by atoms with E-state index in [-0.39, 0.29) is 5.56 Å². The first-order chi connectivity index (χ1) is 6.20. The Hall–Kier alpha value is -1.58. The summed E-state index contributed by atoms with van der Waals surface area (Å²) in [5.74, 6) is -0.950. The summed E-state index contributed by atoms with van der Waals surface area (Å²) < 4.78 is 13.2. The van der Waals surface area contributed by atoms with Crippen molar-refractivity contribution in [2.24, 2.45) is 0 Å². The van der Waals surface area contributed by atoms with Crippen LogP contribution >= 0.6 is 0 Å². The second-order valence-corrected chi connectivity index (χ2v) is 2.49. The Morgan fingerprint density at radius 1 is 1.38 bits per heavy atom. The number of hydrogen-bond donors (Lipinski definition) is 2. The van der Waals surface area contributed by atoms with Crippen molar-refractivity contribution < 1.29 is 9.18 Å². The zero-order valence-electron chi connectivity index (χ0n) is 7.52. The van der Waals surface area contributed by atoms with Gasteiger partial charge in [-0.05, 0) is 12.1 Å². The van der Waals surface area contributed by atoms with Crippen LogP contribution in [-0.4, -0.2) is 20.0 Å². The number of nitrogens with one attached hydrogen (secondary N) is 2. The first-order valence-electron chi connectivity index (χ1n) is 3.89. The molecule has 4 heteroatoms. The molecule has 0 aliphatic rings. The molecule has 70 valence electrons. The molecule has 0 heterocycles. The third-order valence-electron chi connectivity index (χ3n) is 1.74. The summed E-state index contributed by atoms with van der Waals surface area (Å²) >= 11 is 0. The molecular formula is C9H11FN2O. The van der Waals surface area contributed by atoms with Gasteiger partial charge in [-0.1, -0.05) is 6.07 Å². The Balaban J connectivity index is 3.22. The predicted octanol–water partition coefficient (Wildman–Crippen LogP) is 1.23. The Morgan fingerprint density at radius 3 is 2.62 bits per heavy atom. The molecule has 2 N–H and O–H groups in total. The number of benzene rings is 1. The number of carbonyl (C=O) groups excluding carboxylic acids is 1.